The first-order valence-electron chi connectivity index (χ1n) is 5.72. The predicted molar refractivity (Wildman–Crippen MR) is 76.1 cm³/mol. The number of nitrogens with one attached hydrogen (secondary N) is 3. The Hall–Kier alpha value is -2.82. The molecule has 0 aliphatic heterocycles. The van der Waals surface area contributed by atoms with Crippen molar-refractivity contribution >= 4 is 23.2 Å². The fourth-order valence-electron chi connectivity index (χ4n) is 1.57. The Balaban J connectivity index is 1.97. The van der Waals surface area contributed by atoms with Crippen molar-refractivity contribution in [1.29, 1.82) is 5.41 Å². The molecule has 2 aromatic rings. The molecule has 0 unspecified atom stereocenters. The zero-order chi connectivity index (χ0) is 13.7. The fraction of sp³-hybridized carbons (Fsp3) is 0. The number of nitrogen functional groups attached to an aromatic ring is 1. The molecule has 5 N–H and O–H groups in total. The quantitative estimate of drug-likeness (QED) is 0.375. The van der Waals surface area contributed by atoms with Crippen LogP contribution in [0.4, 0.5) is 11.4 Å². The number of carbonyl (C=O) groups excluding carboxylic acids is 1. The largest absolute Gasteiger partial charge is 0.399 e. The monoisotopic (exact) mass is 254 g/mol. The van der Waals surface area contributed by atoms with Crippen molar-refractivity contribution in [1.82, 2.24) is 5.32 Å². The van der Waals surface area contributed by atoms with Crippen LogP contribution in [0.5, 0.6) is 0 Å². The molecule has 0 heterocycles. The van der Waals surface area contributed by atoms with E-state index in [1.54, 1.807) is 48.5 Å². The van der Waals surface area contributed by atoms with E-state index in [0.717, 1.165) is 0 Å². The van der Waals surface area contributed by atoms with Gasteiger partial charge < -0.3 is 11.1 Å². The van der Waals surface area contributed by atoms with Crippen LogP contribution in [0.2, 0.25) is 0 Å². The highest BCUT2D eigenvalue weighted by atomic mass is 16.1. The summed E-state index contributed by atoms with van der Waals surface area (Å²) in [5.41, 5.74) is 7.37. The molecular weight excluding hydrogens is 240 g/mol. The molecule has 0 aliphatic rings. The number of hydrogen-bond acceptors (Lipinski definition) is 3. The standard InChI is InChI=1S/C14H14N4O/c15-11-7-4-8-12(9-11)17-14(16)18-13(19)10-5-2-1-3-6-10/h1-9H,15H2,(H3,16,17,18,19). The Bertz CT molecular complexity index is 595. The highest BCUT2D eigenvalue weighted by Crippen LogP contribution is 2.11. The zero-order valence-electron chi connectivity index (χ0n) is 10.2. The van der Waals surface area contributed by atoms with Gasteiger partial charge in [0, 0.05) is 16.9 Å². The van der Waals surface area contributed by atoms with E-state index in [-0.39, 0.29) is 11.9 Å². The van der Waals surface area contributed by atoms with E-state index < -0.39 is 0 Å². The van der Waals surface area contributed by atoms with Crippen LogP contribution < -0.4 is 16.4 Å². The summed E-state index contributed by atoms with van der Waals surface area (Å²) in [6, 6.07) is 15.7. The van der Waals surface area contributed by atoms with Gasteiger partial charge in [-0.25, -0.2) is 0 Å². The van der Waals surface area contributed by atoms with Gasteiger partial charge in [0.15, 0.2) is 5.96 Å². The summed E-state index contributed by atoms with van der Waals surface area (Å²) in [4.78, 5) is 11.8. The summed E-state index contributed by atoms with van der Waals surface area (Å²) >= 11 is 0. The van der Waals surface area contributed by atoms with Gasteiger partial charge in [0.2, 0.25) is 0 Å². The average molecular weight is 254 g/mol. The van der Waals surface area contributed by atoms with Gasteiger partial charge in [0.25, 0.3) is 5.91 Å². The molecule has 0 atom stereocenters. The van der Waals surface area contributed by atoms with Crippen molar-refractivity contribution in [3.8, 4) is 0 Å². The molecule has 0 bridgehead atoms. The van der Waals surface area contributed by atoms with Crippen LogP contribution in [0.15, 0.2) is 54.6 Å². The van der Waals surface area contributed by atoms with E-state index >= 15 is 0 Å². The molecular formula is C14H14N4O. The first-order chi connectivity index (χ1) is 9.15. The molecule has 5 heteroatoms. The smallest absolute Gasteiger partial charge is 0.257 e. The molecule has 0 aromatic heterocycles. The van der Waals surface area contributed by atoms with Gasteiger partial charge in [0.1, 0.15) is 0 Å². The predicted octanol–water partition coefficient (Wildman–Crippen LogP) is 2.05. The maximum Gasteiger partial charge on any atom is 0.257 e. The summed E-state index contributed by atoms with van der Waals surface area (Å²) in [6.07, 6.45) is 0. The van der Waals surface area contributed by atoms with E-state index in [2.05, 4.69) is 10.6 Å². The van der Waals surface area contributed by atoms with Crippen molar-refractivity contribution in [2.24, 2.45) is 0 Å². The van der Waals surface area contributed by atoms with Crippen LogP contribution in [0.25, 0.3) is 0 Å². The molecule has 0 aliphatic carbocycles. The van der Waals surface area contributed by atoms with Gasteiger partial charge in [-0.2, -0.15) is 0 Å². The van der Waals surface area contributed by atoms with Crippen LogP contribution in [-0.4, -0.2) is 11.9 Å². The maximum absolute atomic E-state index is 11.8. The van der Waals surface area contributed by atoms with Gasteiger partial charge in [0.05, 0.1) is 0 Å². The lowest BCUT2D eigenvalue weighted by atomic mass is 10.2. The Morgan fingerprint density at radius 2 is 1.79 bits per heavy atom. The third kappa shape index (κ3) is 3.57. The molecule has 96 valence electrons. The maximum atomic E-state index is 11.8. The second-order valence-electron chi connectivity index (χ2n) is 3.95. The summed E-state index contributed by atoms with van der Waals surface area (Å²) in [5.74, 6) is -0.429. The molecule has 5 nitrogen and oxygen atoms in total. The molecule has 1 amide bonds. The topological polar surface area (TPSA) is 91.0 Å². The van der Waals surface area contributed by atoms with Crippen molar-refractivity contribution in [3.05, 3.63) is 60.2 Å². The molecule has 0 fully saturated rings. The van der Waals surface area contributed by atoms with Crippen molar-refractivity contribution in [2.45, 2.75) is 0 Å². The van der Waals surface area contributed by atoms with Gasteiger partial charge >= 0.3 is 0 Å². The molecule has 19 heavy (non-hydrogen) atoms. The zero-order valence-corrected chi connectivity index (χ0v) is 10.2. The Morgan fingerprint density at radius 1 is 1.05 bits per heavy atom. The Kier molecular flexibility index (Phi) is 3.78. The summed E-state index contributed by atoms with van der Waals surface area (Å²) in [6.45, 7) is 0. The lowest BCUT2D eigenvalue weighted by Gasteiger charge is -2.09. The number of hydrogen-bond donors (Lipinski definition) is 4. The first kappa shape index (κ1) is 12.6. The third-order valence-corrected chi connectivity index (χ3v) is 2.43. The van der Waals surface area contributed by atoms with Crippen LogP contribution >= 0.6 is 0 Å². The highest BCUT2D eigenvalue weighted by molar-refractivity contribution is 6.08. The minimum absolute atomic E-state index is 0.0977. The molecule has 0 saturated heterocycles. The van der Waals surface area contributed by atoms with E-state index in [0.29, 0.717) is 16.9 Å². The van der Waals surface area contributed by atoms with E-state index in [9.17, 15) is 4.79 Å². The lowest BCUT2D eigenvalue weighted by molar-refractivity contribution is 0.0977. The Labute approximate surface area is 111 Å². The van der Waals surface area contributed by atoms with Crippen molar-refractivity contribution in [2.75, 3.05) is 11.1 Å². The van der Waals surface area contributed by atoms with Gasteiger partial charge in [-0.15, -0.1) is 0 Å². The molecule has 2 aromatic carbocycles. The number of rotatable bonds is 2. The SMILES string of the molecule is N=C(NC(=O)c1ccccc1)Nc1cccc(N)c1. The lowest BCUT2D eigenvalue weighted by Crippen LogP contribution is -2.34. The summed E-state index contributed by atoms with van der Waals surface area (Å²) < 4.78 is 0. The second-order valence-corrected chi connectivity index (χ2v) is 3.95. The first-order valence-corrected chi connectivity index (χ1v) is 5.72. The van der Waals surface area contributed by atoms with Gasteiger partial charge in [-0.1, -0.05) is 24.3 Å². The van der Waals surface area contributed by atoms with E-state index in [1.807, 2.05) is 6.07 Å². The molecule has 0 radical (unpaired) electrons. The fourth-order valence-corrected chi connectivity index (χ4v) is 1.57. The average Bonchev–Trinajstić information content (AvgIpc) is 2.39. The summed E-state index contributed by atoms with van der Waals surface area (Å²) in [7, 11) is 0. The van der Waals surface area contributed by atoms with Gasteiger partial charge in [-0.05, 0) is 30.3 Å². The van der Waals surface area contributed by atoms with Crippen LogP contribution in [0.1, 0.15) is 10.4 Å². The minimum Gasteiger partial charge on any atom is -0.399 e. The van der Waals surface area contributed by atoms with Gasteiger partial charge in [-0.3, -0.25) is 15.5 Å². The van der Waals surface area contributed by atoms with Crippen molar-refractivity contribution in [3.63, 3.8) is 0 Å². The Morgan fingerprint density at radius 3 is 2.47 bits per heavy atom. The highest BCUT2D eigenvalue weighted by Gasteiger charge is 2.07. The number of nitrogens with two attached hydrogens (primary N) is 1. The van der Waals surface area contributed by atoms with Crippen LogP contribution in [0.3, 0.4) is 0 Å². The number of guanidine groups is 1. The number of anilines is 2. The number of benzene rings is 2. The normalized spacial score (nSPS) is 9.68. The third-order valence-electron chi connectivity index (χ3n) is 2.43. The van der Waals surface area contributed by atoms with E-state index in [1.165, 1.54) is 0 Å². The number of carbonyl (C=O) groups is 1. The molecule has 0 spiro atoms. The second kappa shape index (κ2) is 5.68. The van der Waals surface area contributed by atoms with Crippen molar-refractivity contribution < 1.29 is 4.79 Å². The minimum atomic E-state index is -0.331. The van der Waals surface area contributed by atoms with Crippen LogP contribution in [0, 0.1) is 5.41 Å². The molecule has 2 rings (SSSR count). The number of amides is 1. The molecule has 0 saturated carbocycles. The summed E-state index contributed by atoms with van der Waals surface area (Å²) in [5, 5.41) is 12.9. The van der Waals surface area contributed by atoms with E-state index in [4.69, 9.17) is 11.1 Å². The van der Waals surface area contributed by atoms with Crippen LogP contribution in [-0.2, 0) is 0 Å².